The largest absolute Gasteiger partial charge is 0.481 e. The zero-order valence-electron chi connectivity index (χ0n) is 28.0. The van der Waals surface area contributed by atoms with Crippen LogP contribution in [0.3, 0.4) is 0 Å². The van der Waals surface area contributed by atoms with Crippen LogP contribution in [0.25, 0.3) is 44.5 Å². The molecule has 3 aromatic heterocycles. The lowest BCUT2D eigenvalue weighted by atomic mass is 9.99. The second-order valence-corrected chi connectivity index (χ2v) is 13.7. The number of amides is 2. The summed E-state index contributed by atoms with van der Waals surface area (Å²) in [5.41, 5.74) is 7.71. The summed E-state index contributed by atoms with van der Waals surface area (Å²) in [5.74, 6) is 0.736. The van der Waals surface area contributed by atoms with Gasteiger partial charge in [0.15, 0.2) is 0 Å². The molecule has 2 atom stereocenters. The lowest BCUT2D eigenvalue weighted by Crippen LogP contribution is -2.35. The lowest BCUT2D eigenvalue weighted by molar-refractivity contribution is -0.120. The number of ether oxygens (including phenoxy) is 1. The van der Waals surface area contributed by atoms with E-state index in [0.29, 0.717) is 59.8 Å². The Labute approximate surface area is 300 Å². The summed E-state index contributed by atoms with van der Waals surface area (Å²) in [5, 5.41) is 15.1. The predicted octanol–water partition coefficient (Wildman–Crippen LogP) is 6.02. The number of carbonyl (C=O) groups excluding carboxylic acids is 2. The molecule has 2 aliphatic rings. The predicted molar refractivity (Wildman–Crippen MR) is 197 cm³/mol. The molecular weight excluding hydrogens is 673 g/mol. The molecule has 10 nitrogen and oxygen atoms in total. The highest BCUT2D eigenvalue weighted by Crippen LogP contribution is 2.42. The van der Waals surface area contributed by atoms with E-state index in [1.54, 1.807) is 13.3 Å². The first-order valence-electron chi connectivity index (χ1n) is 16.8. The van der Waals surface area contributed by atoms with Crippen molar-refractivity contribution in [3.63, 3.8) is 0 Å². The second-order valence-electron chi connectivity index (χ2n) is 12.9. The lowest BCUT2D eigenvalue weighted by Gasteiger charge is -2.15. The molecule has 258 valence electrons. The van der Waals surface area contributed by atoms with E-state index in [1.165, 1.54) is 5.56 Å². The summed E-state index contributed by atoms with van der Waals surface area (Å²) in [4.78, 5) is 32.6. The Morgan fingerprint density at radius 1 is 0.860 bits per heavy atom. The number of aromatic nitrogens is 3. The van der Waals surface area contributed by atoms with Crippen molar-refractivity contribution in [3.05, 3.63) is 88.2 Å². The number of hydrogen-bond acceptors (Lipinski definition) is 7. The van der Waals surface area contributed by atoms with Gasteiger partial charge >= 0.3 is 0 Å². The molecule has 2 fully saturated rings. The Balaban J connectivity index is 1.11. The van der Waals surface area contributed by atoms with E-state index in [1.807, 2.05) is 43.4 Å². The molecule has 0 spiro atoms. The number of pyridine rings is 2. The van der Waals surface area contributed by atoms with Gasteiger partial charge < -0.3 is 30.6 Å². The Kier molecular flexibility index (Phi) is 10.1. The molecule has 2 aliphatic heterocycles. The van der Waals surface area contributed by atoms with Crippen molar-refractivity contribution in [2.75, 3.05) is 20.2 Å². The van der Waals surface area contributed by atoms with E-state index < -0.39 is 0 Å². The van der Waals surface area contributed by atoms with Gasteiger partial charge in [0.25, 0.3) is 0 Å². The highest BCUT2D eigenvalue weighted by Gasteiger charge is 2.22. The number of aryl methyl sites for hydroxylation is 1. The van der Waals surface area contributed by atoms with Crippen molar-refractivity contribution < 1.29 is 14.3 Å². The highest BCUT2D eigenvalue weighted by atomic mass is 35.5. The van der Waals surface area contributed by atoms with Crippen LogP contribution in [-0.4, -0.2) is 58.6 Å². The van der Waals surface area contributed by atoms with Gasteiger partial charge in [0.1, 0.15) is 0 Å². The molecule has 0 aliphatic carbocycles. The summed E-state index contributed by atoms with van der Waals surface area (Å²) in [6.07, 6.45) is 6.77. The van der Waals surface area contributed by atoms with Crippen molar-refractivity contribution >= 4 is 45.9 Å². The maximum atomic E-state index is 11.5. The van der Waals surface area contributed by atoms with Crippen LogP contribution < -0.4 is 26.0 Å². The molecular formula is C38H39Cl2N7O3. The fraction of sp³-hybridized carbons (Fsp3) is 0.316. The minimum atomic E-state index is 0.101. The number of nitrogens with zero attached hydrogens (tertiary/aromatic N) is 3. The van der Waals surface area contributed by atoms with E-state index in [-0.39, 0.29) is 23.9 Å². The second kappa shape index (κ2) is 14.8. The van der Waals surface area contributed by atoms with Gasteiger partial charge in [-0.2, -0.15) is 0 Å². The monoisotopic (exact) mass is 711 g/mol. The number of rotatable bonds is 12. The molecule has 4 N–H and O–H groups in total. The molecule has 7 rings (SSSR count). The Morgan fingerprint density at radius 3 is 2.22 bits per heavy atom. The molecule has 5 aromatic rings. The third kappa shape index (κ3) is 7.07. The van der Waals surface area contributed by atoms with Crippen molar-refractivity contribution in [2.24, 2.45) is 7.05 Å². The van der Waals surface area contributed by atoms with Crippen LogP contribution in [0.4, 0.5) is 0 Å². The zero-order valence-corrected chi connectivity index (χ0v) is 29.5. The smallest absolute Gasteiger partial charge is 0.220 e. The SMILES string of the molecule is COc1nc(-c2cccc(-c3ccnc(-c4ccc5c(CNC[C@H]6CCC(=O)N6)cn(C)c5c4)c3Cl)c2Cl)ccc1CNC[C@@H]1CCC(=O)N1. The van der Waals surface area contributed by atoms with Gasteiger partial charge in [-0.05, 0) is 36.6 Å². The Morgan fingerprint density at radius 2 is 1.54 bits per heavy atom. The van der Waals surface area contributed by atoms with Crippen molar-refractivity contribution in [1.29, 1.82) is 0 Å². The molecule has 0 radical (unpaired) electrons. The first kappa shape index (κ1) is 34.0. The van der Waals surface area contributed by atoms with E-state index in [4.69, 9.17) is 32.9 Å². The van der Waals surface area contributed by atoms with Crippen LogP contribution in [0.15, 0.2) is 67.0 Å². The highest BCUT2D eigenvalue weighted by molar-refractivity contribution is 6.39. The number of carbonyl (C=O) groups is 2. The Bertz CT molecular complexity index is 2080. The molecule has 0 unspecified atom stereocenters. The molecule has 12 heteroatoms. The number of nitrogens with one attached hydrogen (secondary N) is 4. The summed E-state index contributed by atoms with van der Waals surface area (Å²) in [6, 6.07) is 18.2. The zero-order chi connectivity index (χ0) is 34.8. The molecule has 2 aromatic carbocycles. The van der Waals surface area contributed by atoms with Crippen LogP contribution in [0, 0.1) is 0 Å². The van der Waals surface area contributed by atoms with Gasteiger partial charge in [-0.25, -0.2) is 4.98 Å². The van der Waals surface area contributed by atoms with Crippen LogP contribution in [0.2, 0.25) is 10.0 Å². The molecule has 0 saturated carbocycles. The van der Waals surface area contributed by atoms with Crippen LogP contribution in [0.1, 0.15) is 36.8 Å². The van der Waals surface area contributed by atoms with Gasteiger partial charge in [0.2, 0.25) is 17.7 Å². The number of hydrogen-bond donors (Lipinski definition) is 4. The first-order chi connectivity index (χ1) is 24.3. The number of benzene rings is 2. The molecule has 2 saturated heterocycles. The normalized spacial score (nSPS) is 17.4. The molecule has 50 heavy (non-hydrogen) atoms. The molecule has 0 bridgehead atoms. The fourth-order valence-corrected chi connectivity index (χ4v) is 7.55. The maximum absolute atomic E-state index is 11.5. The van der Waals surface area contributed by atoms with Gasteiger partial charge in [0.05, 0.1) is 28.5 Å². The molecule has 2 amide bonds. The number of fused-ring (bicyclic) bond motifs is 1. The number of halogens is 2. The van der Waals surface area contributed by atoms with Crippen LogP contribution in [0.5, 0.6) is 5.88 Å². The van der Waals surface area contributed by atoms with Crippen molar-refractivity contribution in [2.45, 2.75) is 50.9 Å². The van der Waals surface area contributed by atoms with E-state index >= 15 is 0 Å². The van der Waals surface area contributed by atoms with Crippen molar-refractivity contribution in [1.82, 2.24) is 35.8 Å². The average Bonchev–Trinajstić information content (AvgIpc) is 3.83. The summed E-state index contributed by atoms with van der Waals surface area (Å²) in [6.45, 7) is 2.68. The standard InChI is InChI=1S/C38H39Cl2N7O3/c1-47-21-24(18-42-20-26-9-13-34(49)45-26)27-10-6-22(16-32(27)47)37-36(40)29(14-15-43-37)28-4-3-5-30(35(28)39)31-11-7-23(38(46-31)50-2)17-41-19-25-8-12-33(48)44-25/h3-7,10-11,14-16,21,25-26,41-42H,8-9,12-13,17-20H2,1-2H3,(H,44,48)(H,45,49)/t25-,26+/m0/s1. The topological polar surface area (TPSA) is 122 Å². The van der Waals surface area contributed by atoms with Gasteiger partial charge in [-0.15, -0.1) is 0 Å². The van der Waals surface area contributed by atoms with Gasteiger partial charge in [-0.3, -0.25) is 14.6 Å². The molecule has 5 heterocycles. The quantitative estimate of drug-likeness (QED) is 0.125. The van der Waals surface area contributed by atoms with Crippen molar-refractivity contribution in [3.8, 4) is 39.5 Å². The minimum absolute atomic E-state index is 0.101. The van der Waals surface area contributed by atoms with E-state index in [2.05, 4.69) is 55.2 Å². The van der Waals surface area contributed by atoms with Gasteiger partial charge in [-0.1, -0.05) is 59.6 Å². The minimum Gasteiger partial charge on any atom is -0.481 e. The summed E-state index contributed by atoms with van der Waals surface area (Å²) in [7, 11) is 3.64. The third-order valence-electron chi connectivity index (χ3n) is 9.52. The van der Waals surface area contributed by atoms with Crippen LogP contribution >= 0.6 is 23.2 Å². The van der Waals surface area contributed by atoms with Crippen LogP contribution in [-0.2, 0) is 29.7 Å². The van der Waals surface area contributed by atoms with E-state index in [9.17, 15) is 9.59 Å². The number of methoxy groups -OCH3 is 1. The first-order valence-corrected chi connectivity index (χ1v) is 17.6. The summed E-state index contributed by atoms with van der Waals surface area (Å²) < 4.78 is 7.77. The maximum Gasteiger partial charge on any atom is 0.220 e. The van der Waals surface area contributed by atoms with E-state index in [0.717, 1.165) is 58.1 Å². The average molecular weight is 713 g/mol. The van der Waals surface area contributed by atoms with Gasteiger partial charge in [0, 0.05) is 109 Å². The fourth-order valence-electron chi connectivity index (χ4n) is 6.90. The Hall–Kier alpha value is -4.48. The third-order valence-corrected chi connectivity index (χ3v) is 10.3. The summed E-state index contributed by atoms with van der Waals surface area (Å²) >= 11 is 14.2.